The maximum Gasteiger partial charge on any atom is 0.472 e. The van der Waals surface area contributed by atoms with E-state index in [2.05, 4.69) is 48.5 Å². The van der Waals surface area contributed by atoms with Gasteiger partial charge in [-0.3, -0.25) is 37.3 Å². The van der Waals surface area contributed by atoms with Crippen molar-refractivity contribution in [3.63, 3.8) is 0 Å². The minimum Gasteiger partial charge on any atom is -0.462 e. The Kier molecular flexibility index (Phi) is 73.7. The zero-order valence-electron chi connectivity index (χ0n) is 68.5. The van der Waals surface area contributed by atoms with Crippen molar-refractivity contribution in [2.24, 2.45) is 17.8 Å². The number of esters is 4. The van der Waals surface area contributed by atoms with Crippen LogP contribution in [0.2, 0.25) is 0 Å². The van der Waals surface area contributed by atoms with Crippen molar-refractivity contribution in [3.05, 3.63) is 0 Å². The van der Waals surface area contributed by atoms with Crippen LogP contribution < -0.4 is 0 Å². The molecule has 0 bridgehead atoms. The molecule has 0 spiro atoms. The first-order chi connectivity index (χ1) is 50.3. The van der Waals surface area contributed by atoms with E-state index in [4.69, 9.17) is 37.0 Å². The van der Waals surface area contributed by atoms with Gasteiger partial charge in [0.2, 0.25) is 0 Å². The summed E-state index contributed by atoms with van der Waals surface area (Å²) in [5.74, 6) is 0.221. The first-order valence-corrected chi connectivity index (χ1v) is 46.9. The predicted octanol–water partition coefficient (Wildman–Crippen LogP) is 25.7. The number of aliphatic hydroxyl groups excluding tert-OH is 1. The fourth-order valence-corrected chi connectivity index (χ4v) is 14.7. The van der Waals surface area contributed by atoms with Gasteiger partial charge in [0.25, 0.3) is 0 Å². The average Bonchev–Trinajstić information content (AvgIpc) is 0.904. The van der Waals surface area contributed by atoms with E-state index in [1.165, 1.54) is 257 Å². The van der Waals surface area contributed by atoms with Crippen molar-refractivity contribution < 1.29 is 80.2 Å². The van der Waals surface area contributed by atoms with E-state index in [-0.39, 0.29) is 25.7 Å². The minimum absolute atomic E-state index is 0.106. The molecule has 0 aliphatic carbocycles. The van der Waals surface area contributed by atoms with Crippen LogP contribution in [0, 0.1) is 17.8 Å². The third-order valence-corrected chi connectivity index (χ3v) is 22.1. The molecule has 3 N–H and O–H groups in total. The van der Waals surface area contributed by atoms with Gasteiger partial charge >= 0.3 is 39.5 Å². The van der Waals surface area contributed by atoms with Gasteiger partial charge in [-0.25, -0.2) is 9.13 Å². The number of carbonyl (C=O) groups excluding carboxylic acids is 4. The van der Waals surface area contributed by atoms with E-state index in [0.29, 0.717) is 25.7 Å². The number of unbranched alkanes of at least 4 members (excludes halogenated alkanes) is 50. The lowest BCUT2D eigenvalue weighted by Gasteiger charge is -2.21. The summed E-state index contributed by atoms with van der Waals surface area (Å²) >= 11 is 0. The second-order valence-electron chi connectivity index (χ2n) is 31.8. The molecule has 19 heteroatoms. The molecule has 104 heavy (non-hydrogen) atoms. The number of phosphoric ester groups is 2. The Morgan fingerprint density at radius 1 is 0.279 bits per heavy atom. The maximum absolute atomic E-state index is 13.1. The fourth-order valence-electron chi connectivity index (χ4n) is 13.2. The molecule has 0 saturated carbocycles. The SMILES string of the molecule is CCCCCCCCCCCCCCCCCCCCCCCCC(=O)O[C@H](COC(=O)CCCCCCCCCCCCCCCCC(C)C)COP(=O)(O)OC[C@@H](O)COP(=O)(O)OC[C@@H](COC(=O)CCCCCCCCCCC(C)CC)OC(=O)CCCCCCCCCCCCC(C)C. The van der Waals surface area contributed by atoms with E-state index in [1.807, 2.05) is 0 Å². The van der Waals surface area contributed by atoms with Crippen LogP contribution in [0.5, 0.6) is 0 Å². The van der Waals surface area contributed by atoms with Gasteiger partial charge in [0.1, 0.15) is 19.3 Å². The summed E-state index contributed by atoms with van der Waals surface area (Å²) < 4.78 is 68.9. The molecule has 0 aromatic heterocycles. The number of carbonyl (C=O) groups is 4. The van der Waals surface area contributed by atoms with Crippen LogP contribution in [0.1, 0.15) is 447 Å². The molecule has 3 unspecified atom stereocenters. The van der Waals surface area contributed by atoms with Crippen molar-refractivity contribution in [1.82, 2.24) is 0 Å². The maximum atomic E-state index is 13.1. The lowest BCUT2D eigenvalue weighted by atomic mass is 9.99. The minimum atomic E-state index is -4.97. The molecule has 0 aliphatic rings. The Morgan fingerprint density at radius 2 is 0.490 bits per heavy atom. The van der Waals surface area contributed by atoms with Crippen LogP contribution in [-0.4, -0.2) is 96.7 Å². The highest BCUT2D eigenvalue weighted by Gasteiger charge is 2.30. The van der Waals surface area contributed by atoms with E-state index in [9.17, 15) is 43.2 Å². The third kappa shape index (κ3) is 76.8. The monoisotopic (exact) mass is 1520 g/mol. The quantitative estimate of drug-likeness (QED) is 0.0222. The van der Waals surface area contributed by atoms with Crippen LogP contribution in [0.4, 0.5) is 0 Å². The van der Waals surface area contributed by atoms with Gasteiger partial charge in [-0.05, 0) is 43.4 Å². The highest BCUT2D eigenvalue weighted by atomic mass is 31.2. The van der Waals surface area contributed by atoms with Crippen molar-refractivity contribution >= 4 is 39.5 Å². The number of aliphatic hydroxyl groups is 1. The van der Waals surface area contributed by atoms with E-state index in [0.717, 1.165) is 108 Å². The van der Waals surface area contributed by atoms with E-state index in [1.54, 1.807) is 0 Å². The molecule has 0 aliphatic heterocycles. The summed E-state index contributed by atoms with van der Waals surface area (Å²) in [5.41, 5.74) is 0. The molecule has 0 rings (SSSR count). The van der Waals surface area contributed by atoms with Crippen LogP contribution >= 0.6 is 15.6 Å². The summed E-state index contributed by atoms with van der Waals surface area (Å²) in [6.45, 7) is 12.0. The summed E-state index contributed by atoms with van der Waals surface area (Å²) in [4.78, 5) is 73.2. The van der Waals surface area contributed by atoms with Crippen LogP contribution in [0.3, 0.4) is 0 Å². The van der Waals surface area contributed by atoms with Gasteiger partial charge in [-0.15, -0.1) is 0 Å². The Bertz CT molecular complexity index is 2010. The van der Waals surface area contributed by atoms with E-state index < -0.39 is 97.5 Å². The lowest BCUT2D eigenvalue weighted by Crippen LogP contribution is -2.30. The highest BCUT2D eigenvalue weighted by molar-refractivity contribution is 7.47. The topological polar surface area (TPSA) is 237 Å². The zero-order chi connectivity index (χ0) is 76.5. The number of hydrogen-bond acceptors (Lipinski definition) is 15. The van der Waals surface area contributed by atoms with Gasteiger partial charge in [-0.2, -0.15) is 0 Å². The zero-order valence-corrected chi connectivity index (χ0v) is 70.3. The largest absolute Gasteiger partial charge is 0.472 e. The molecule has 0 saturated heterocycles. The van der Waals surface area contributed by atoms with Crippen molar-refractivity contribution in [1.29, 1.82) is 0 Å². The molecular weight excluding hydrogens is 1350 g/mol. The molecule has 0 aromatic carbocycles. The van der Waals surface area contributed by atoms with Crippen LogP contribution in [0.25, 0.3) is 0 Å². The van der Waals surface area contributed by atoms with Crippen molar-refractivity contribution in [3.8, 4) is 0 Å². The molecule has 0 amide bonds. The summed E-state index contributed by atoms with van der Waals surface area (Å²) in [5, 5.41) is 10.7. The van der Waals surface area contributed by atoms with E-state index >= 15 is 0 Å². The molecule has 0 radical (unpaired) electrons. The number of phosphoric acid groups is 2. The lowest BCUT2D eigenvalue weighted by molar-refractivity contribution is -0.161. The number of ether oxygens (including phenoxy) is 4. The molecule has 17 nitrogen and oxygen atoms in total. The molecule has 0 heterocycles. The van der Waals surface area contributed by atoms with Crippen molar-refractivity contribution in [2.75, 3.05) is 39.6 Å². The predicted molar refractivity (Wildman–Crippen MR) is 428 cm³/mol. The average molecular weight is 1520 g/mol. The summed E-state index contributed by atoms with van der Waals surface area (Å²) in [7, 11) is -9.93. The Hall–Kier alpha value is -1.94. The first-order valence-electron chi connectivity index (χ1n) is 43.9. The second kappa shape index (κ2) is 75.1. The second-order valence-corrected chi connectivity index (χ2v) is 34.7. The summed E-state index contributed by atoms with van der Waals surface area (Å²) in [6, 6.07) is 0. The molecule has 6 atom stereocenters. The standard InChI is InChI=1S/C85H166O17P2/c1-8-10-11-12-13-14-15-16-17-18-19-20-21-22-23-24-29-32-38-47-54-61-68-84(89)101-80(72-95-82(87)66-59-52-45-37-31-28-26-25-27-30-35-42-49-56-63-76(3)4)74-99-103(91,92)97-70-79(86)71-98-104(93,94)100-75-81(73-96-83(88)67-60-53-46-41-40-44-51-58-65-78(7)9-2)102-85(90)69-62-55-48-39-34-33-36-43-50-57-64-77(5)6/h76-81,86H,8-75H2,1-7H3,(H,91,92)(H,93,94)/t78?,79-,80-,81-/m1/s1. The molecule has 618 valence electrons. The van der Waals surface area contributed by atoms with Gasteiger partial charge in [0.15, 0.2) is 12.2 Å². The van der Waals surface area contributed by atoms with Crippen molar-refractivity contribution in [2.45, 2.75) is 465 Å². The highest BCUT2D eigenvalue weighted by Crippen LogP contribution is 2.45. The summed E-state index contributed by atoms with van der Waals surface area (Å²) in [6.07, 6.45) is 65.3. The van der Waals surface area contributed by atoms with Gasteiger partial charge < -0.3 is 33.8 Å². The van der Waals surface area contributed by atoms with Gasteiger partial charge in [0, 0.05) is 25.7 Å². The normalized spacial score (nSPS) is 14.2. The molecule has 0 aromatic rings. The molecule has 0 fully saturated rings. The van der Waals surface area contributed by atoms with Crippen LogP contribution in [0.15, 0.2) is 0 Å². The first kappa shape index (κ1) is 102. The smallest absolute Gasteiger partial charge is 0.462 e. The number of rotatable bonds is 83. The third-order valence-electron chi connectivity index (χ3n) is 20.2. The molecular formula is C85H166O17P2. The van der Waals surface area contributed by atoms with Gasteiger partial charge in [0.05, 0.1) is 26.4 Å². The fraction of sp³-hybridized carbons (Fsp3) is 0.953. The Morgan fingerprint density at radius 3 is 0.731 bits per heavy atom. The van der Waals surface area contributed by atoms with Crippen LogP contribution in [-0.2, 0) is 65.4 Å². The Balaban J connectivity index is 5.24. The van der Waals surface area contributed by atoms with Gasteiger partial charge in [-0.1, -0.05) is 395 Å². The number of hydrogen-bond donors (Lipinski definition) is 3. The Labute approximate surface area is 638 Å².